The largest absolute Gasteiger partial charge is 0.350 e. The SMILES string of the molecule is CSc1ncc(CNC(=O)c2cn(C)c3ccccc23)n1C. The molecule has 6 heteroatoms. The molecule has 0 atom stereocenters. The van der Waals surface area contributed by atoms with Gasteiger partial charge in [-0.25, -0.2) is 4.98 Å². The Labute approximate surface area is 133 Å². The van der Waals surface area contributed by atoms with Crippen LogP contribution in [0, 0.1) is 0 Å². The number of hydrogen-bond donors (Lipinski definition) is 1. The number of fused-ring (bicyclic) bond motifs is 1. The van der Waals surface area contributed by atoms with Crippen LogP contribution in [0.25, 0.3) is 10.9 Å². The first-order valence-corrected chi connectivity index (χ1v) is 8.21. The van der Waals surface area contributed by atoms with Gasteiger partial charge in [-0.15, -0.1) is 0 Å². The molecule has 0 unspecified atom stereocenters. The van der Waals surface area contributed by atoms with Crippen molar-refractivity contribution < 1.29 is 4.79 Å². The second-order valence-electron chi connectivity index (χ2n) is 5.15. The van der Waals surface area contributed by atoms with Crippen LogP contribution in [0.4, 0.5) is 0 Å². The number of benzene rings is 1. The van der Waals surface area contributed by atoms with Gasteiger partial charge in [-0.3, -0.25) is 4.79 Å². The summed E-state index contributed by atoms with van der Waals surface area (Å²) in [6.45, 7) is 0.464. The number of rotatable bonds is 4. The topological polar surface area (TPSA) is 51.9 Å². The third-order valence-corrected chi connectivity index (χ3v) is 4.54. The minimum atomic E-state index is -0.0660. The molecule has 0 saturated heterocycles. The highest BCUT2D eigenvalue weighted by Crippen LogP contribution is 2.20. The second-order valence-corrected chi connectivity index (χ2v) is 5.92. The molecule has 0 aliphatic heterocycles. The average molecular weight is 314 g/mol. The summed E-state index contributed by atoms with van der Waals surface area (Å²) in [6.07, 6.45) is 5.66. The Kier molecular flexibility index (Phi) is 3.94. The summed E-state index contributed by atoms with van der Waals surface area (Å²) in [4.78, 5) is 16.8. The molecule has 3 aromatic rings. The third kappa shape index (κ3) is 2.50. The van der Waals surface area contributed by atoms with Crippen molar-refractivity contribution >= 4 is 28.6 Å². The summed E-state index contributed by atoms with van der Waals surface area (Å²) in [6, 6.07) is 7.91. The zero-order valence-corrected chi connectivity index (χ0v) is 13.6. The van der Waals surface area contributed by atoms with Gasteiger partial charge < -0.3 is 14.5 Å². The molecular formula is C16H18N4OS. The van der Waals surface area contributed by atoms with Crippen molar-refractivity contribution in [1.82, 2.24) is 19.4 Å². The normalized spacial score (nSPS) is 11.0. The van der Waals surface area contributed by atoms with Gasteiger partial charge in [-0.05, 0) is 12.3 Å². The van der Waals surface area contributed by atoms with Gasteiger partial charge in [0.05, 0.1) is 24.0 Å². The predicted molar refractivity (Wildman–Crippen MR) is 89.1 cm³/mol. The number of imidazole rings is 1. The molecule has 0 aliphatic rings. The van der Waals surface area contributed by atoms with Crippen LogP contribution in [0.2, 0.25) is 0 Å². The zero-order chi connectivity index (χ0) is 15.7. The smallest absolute Gasteiger partial charge is 0.253 e. The number of thioether (sulfide) groups is 1. The number of carbonyl (C=O) groups is 1. The molecule has 0 radical (unpaired) electrons. The average Bonchev–Trinajstić information content (AvgIpc) is 3.06. The fraction of sp³-hybridized carbons (Fsp3) is 0.250. The number of aromatic nitrogens is 3. The Bertz CT molecular complexity index is 834. The second kappa shape index (κ2) is 5.88. The molecule has 0 bridgehead atoms. The van der Waals surface area contributed by atoms with Crippen LogP contribution >= 0.6 is 11.8 Å². The van der Waals surface area contributed by atoms with Gasteiger partial charge in [0, 0.05) is 31.2 Å². The van der Waals surface area contributed by atoms with E-state index in [0.717, 1.165) is 21.8 Å². The molecule has 0 saturated carbocycles. The lowest BCUT2D eigenvalue weighted by Crippen LogP contribution is -2.23. The lowest BCUT2D eigenvalue weighted by molar-refractivity contribution is 0.0951. The van der Waals surface area contributed by atoms with E-state index in [1.807, 2.05) is 59.9 Å². The Morgan fingerprint density at radius 2 is 2.09 bits per heavy atom. The van der Waals surface area contributed by atoms with E-state index in [4.69, 9.17) is 0 Å². The first-order chi connectivity index (χ1) is 10.6. The Balaban J connectivity index is 1.80. The van der Waals surface area contributed by atoms with Gasteiger partial charge in [-0.1, -0.05) is 30.0 Å². The van der Waals surface area contributed by atoms with Crippen molar-refractivity contribution in [2.24, 2.45) is 14.1 Å². The Morgan fingerprint density at radius 3 is 2.82 bits per heavy atom. The predicted octanol–water partition coefficient (Wildman–Crippen LogP) is 2.56. The fourth-order valence-electron chi connectivity index (χ4n) is 2.57. The number of hydrogen-bond acceptors (Lipinski definition) is 3. The maximum atomic E-state index is 12.5. The van der Waals surface area contributed by atoms with Gasteiger partial charge >= 0.3 is 0 Å². The number of carbonyl (C=O) groups excluding carboxylic acids is 1. The number of amides is 1. The van der Waals surface area contributed by atoms with E-state index in [1.54, 1.807) is 18.0 Å². The third-order valence-electron chi connectivity index (χ3n) is 3.80. The Morgan fingerprint density at radius 1 is 1.32 bits per heavy atom. The van der Waals surface area contributed by atoms with E-state index in [1.165, 1.54) is 0 Å². The van der Waals surface area contributed by atoms with Gasteiger partial charge in [0.1, 0.15) is 0 Å². The van der Waals surface area contributed by atoms with Crippen molar-refractivity contribution in [3.63, 3.8) is 0 Å². The molecule has 1 amide bonds. The molecule has 5 nitrogen and oxygen atoms in total. The summed E-state index contributed by atoms with van der Waals surface area (Å²) in [5.74, 6) is -0.0660. The summed E-state index contributed by atoms with van der Waals surface area (Å²) in [5, 5.41) is 4.89. The van der Waals surface area contributed by atoms with E-state index in [0.29, 0.717) is 12.1 Å². The van der Waals surface area contributed by atoms with E-state index in [-0.39, 0.29) is 5.91 Å². The van der Waals surface area contributed by atoms with Crippen LogP contribution in [0.3, 0.4) is 0 Å². The van der Waals surface area contributed by atoms with Gasteiger partial charge in [-0.2, -0.15) is 0 Å². The highest BCUT2D eigenvalue weighted by molar-refractivity contribution is 7.98. The quantitative estimate of drug-likeness (QED) is 0.753. The summed E-state index contributed by atoms with van der Waals surface area (Å²) < 4.78 is 3.97. The number of nitrogens with one attached hydrogen (secondary N) is 1. The first kappa shape index (κ1) is 14.7. The molecule has 0 spiro atoms. The van der Waals surface area contributed by atoms with Crippen molar-refractivity contribution in [3.8, 4) is 0 Å². The standard InChI is InChI=1S/C16H18N4OS/c1-19-10-13(12-6-4-5-7-14(12)19)15(21)17-8-11-9-18-16(22-3)20(11)2/h4-7,9-10H,8H2,1-3H3,(H,17,21). The summed E-state index contributed by atoms with van der Waals surface area (Å²) in [5.41, 5.74) is 2.74. The number of nitrogens with zero attached hydrogens (tertiary/aromatic N) is 3. The van der Waals surface area contributed by atoms with Crippen LogP contribution in [-0.2, 0) is 20.6 Å². The first-order valence-electron chi connectivity index (χ1n) is 6.98. The molecular weight excluding hydrogens is 296 g/mol. The molecule has 0 aliphatic carbocycles. The molecule has 2 aromatic heterocycles. The number of para-hydroxylation sites is 1. The van der Waals surface area contributed by atoms with Gasteiger partial charge in [0.2, 0.25) is 0 Å². The maximum Gasteiger partial charge on any atom is 0.253 e. The zero-order valence-electron chi connectivity index (χ0n) is 12.8. The van der Waals surface area contributed by atoms with Crippen LogP contribution < -0.4 is 5.32 Å². The molecule has 114 valence electrons. The molecule has 2 heterocycles. The minimum Gasteiger partial charge on any atom is -0.350 e. The fourth-order valence-corrected chi connectivity index (χ4v) is 3.12. The van der Waals surface area contributed by atoms with E-state index in [2.05, 4.69) is 10.3 Å². The number of aryl methyl sites for hydroxylation is 1. The van der Waals surface area contributed by atoms with Gasteiger partial charge in [0.15, 0.2) is 5.16 Å². The van der Waals surface area contributed by atoms with Gasteiger partial charge in [0.25, 0.3) is 5.91 Å². The molecule has 3 rings (SSSR count). The van der Waals surface area contributed by atoms with Crippen molar-refractivity contribution in [2.75, 3.05) is 6.26 Å². The van der Waals surface area contributed by atoms with E-state index in [9.17, 15) is 4.79 Å². The maximum absolute atomic E-state index is 12.5. The lowest BCUT2D eigenvalue weighted by atomic mass is 10.1. The van der Waals surface area contributed by atoms with Crippen LogP contribution in [0.15, 0.2) is 41.8 Å². The monoisotopic (exact) mass is 314 g/mol. The van der Waals surface area contributed by atoms with Crippen molar-refractivity contribution in [3.05, 3.63) is 47.9 Å². The lowest BCUT2D eigenvalue weighted by Gasteiger charge is -2.06. The van der Waals surface area contributed by atoms with Crippen LogP contribution in [0.5, 0.6) is 0 Å². The minimum absolute atomic E-state index is 0.0660. The van der Waals surface area contributed by atoms with Crippen molar-refractivity contribution in [2.45, 2.75) is 11.7 Å². The van der Waals surface area contributed by atoms with Crippen molar-refractivity contribution in [1.29, 1.82) is 0 Å². The summed E-state index contributed by atoms with van der Waals surface area (Å²) >= 11 is 1.59. The molecule has 1 aromatic carbocycles. The molecule has 1 N–H and O–H groups in total. The highest BCUT2D eigenvalue weighted by atomic mass is 32.2. The van der Waals surface area contributed by atoms with Crippen LogP contribution in [0.1, 0.15) is 16.1 Å². The molecule has 22 heavy (non-hydrogen) atoms. The van der Waals surface area contributed by atoms with Crippen LogP contribution in [-0.4, -0.2) is 26.3 Å². The van der Waals surface area contributed by atoms with E-state index < -0.39 is 0 Å². The Hall–Kier alpha value is -2.21. The molecule has 0 fully saturated rings. The van der Waals surface area contributed by atoms with E-state index >= 15 is 0 Å². The summed E-state index contributed by atoms with van der Waals surface area (Å²) in [7, 11) is 3.91. The highest BCUT2D eigenvalue weighted by Gasteiger charge is 2.14.